The highest BCUT2D eigenvalue weighted by atomic mass is 16.5. The molecule has 0 heterocycles. The third-order valence-corrected chi connectivity index (χ3v) is 3.45. The summed E-state index contributed by atoms with van der Waals surface area (Å²) < 4.78 is 11.0. The van der Waals surface area contributed by atoms with Crippen molar-refractivity contribution in [2.75, 3.05) is 33.2 Å². The van der Waals surface area contributed by atoms with E-state index < -0.39 is 0 Å². The van der Waals surface area contributed by atoms with Gasteiger partial charge in [0, 0.05) is 31.9 Å². The van der Waals surface area contributed by atoms with Crippen molar-refractivity contribution < 1.29 is 9.47 Å². The van der Waals surface area contributed by atoms with Gasteiger partial charge < -0.3 is 20.1 Å². The van der Waals surface area contributed by atoms with Crippen LogP contribution in [-0.2, 0) is 6.54 Å². The summed E-state index contributed by atoms with van der Waals surface area (Å²) in [5.41, 5.74) is 9.99. The summed E-state index contributed by atoms with van der Waals surface area (Å²) >= 11 is 0. The number of rotatable bonds is 5. The summed E-state index contributed by atoms with van der Waals surface area (Å²) in [6, 6.07) is 12.3. The van der Waals surface area contributed by atoms with Crippen molar-refractivity contribution in [3.05, 3.63) is 42.0 Å². The van der Waals surface area contributed by atoms with Gasteiger partial charge in [-0.05, 0) is 35.4 Å². The molecule has 0 aliphatic heterocycles. The Morgan fingerprint density at radius 1 is 1.05 bits per heavy atom. The maximum absolute atomic E-state index is 5.79. The maximum Gasteiger partial charge on any atom is 0.168 e. The van der Waals surface area contributed by atoms with Crippen LogP contribution in [0.5, 0.6) is 11.5 Å². The van der Waals surface area contributed by atoms with Gasteiger partial charge in [0.15, 0.2) is 11.5 Å². The molecule has 0 unspecified atom stereocenters. The molecule has 0 aliphatic rings. The number of nitrogens with two attached hydrogens (primary N) is 1. The highest BCUT2D eigenvalue weighted by Crippen LogP contribution is 2.40. The minimum atomic E-state index is 0.459. The van der Waals surface area contributed by atoms with Gasteiger partial charge in [0.25, 0.3) is 0 Å². The van der Waals surface area contributed by atoms with E-state index in [0.717, 1.165) is 28.1 Å². The van der Waals surface area contributed by atoms with Gasteiger partial charge in [0.2, 0.25) is 0 Å². The number of methoxy groups -OCH3 is 2. The molecule has 0 fully saturated rings. The zero-order valence-electron chi connectivity index (χ0n) is 13.0. The molecule has 0 atom stereocenters. The largest absolute Gasteiger partial charge is 0.493 e. The van der Waals surface area contributed by atoms with E-state index in [0.29, 0.717) is 12.3 Å². The lowest BCUT2D eigenvalue weighted by atomic mass is 10.0. The van der Waals surface area contributed by atoms with Crippen molar-refractivity contribution in [2.24, 2.45) is 5.73 Å². The molecule has 0 amide bonds. The summed E-state index contributed by atoms with van der Waals surface area (Å²) in [5.74, 6) is 1.43. The lowest BCUT2D eigenvalue weighted by Crippen LogP contribution is -2.08. The van der Waals surface area contributed by atoms with Crippen LogP contribution in [0, 0.1) is 0 Å². The SMILES string of the molecule is COc1cc(CN)cc(-c2cccc(N(C)C)c2)c1OC. The molecule has 2 aromatic carbocycles. The van der Waals surface area contributed by atoms with E-state index in [1.54, 1.807) is 14.2 Å². The first-order valence-electron chi connectivity index (χ1n) is 6.83. The topological polar surface area (TPSA) is 47.7 Å². The van der Waals surface area contributed by atoms with Crippen molar-refractivity contribution in [1.82, 2.24) is 0 Å². The molecule has 2 aromatic rings. The zero-order chi connectivity index (χ0) is 15.4. The fraction of sp³-hybridized carbons (Fsp3) is 0.294. The zero-order valence-corrected chi connectivity index (χ0v) is 13.0. The summed E-state index contributed by atoms with van der Waals surface area (Å²) in [7, 11) is 7.33. The van der Waals surface area contributed by atoms with E-state index in [2.05, 4.69) is 29.2 Å². The Morgan fingerprint density at radius 2 is 1.81 bits per heavy atom. The lowest BCUT2D eigenvalue weighted by Gasteiger charge is -2.17. The number of hydrogen-bond donors (Lipinski definition) is 1. The fourth-order valence-electron chi connectivity index (χ4n) is 2.31. The summed E-state index contributed by atoms with van der Waals surface area (Å²) in [6.07, 6.45) is 0. The quantitative estimate of drug-likeness (QED) is 0.918. The third-order valence-electron chi connectivity index (χ3n) is 3.45. The first-order valence-corrected chi connectivity index (χ1v) is 6.83. The molecule has 0 aliphatic carbocycles. The minimum Gasteiger partial charge on any atom is -0.493 e. The van der Waals surface area contributed by atoms with Crippen LogP contribution in [-0.4, -0.2) is 28.3 Å². The van der Waals surface area contributed by atoms with Gasteiger partial charge in [-0.25, -0.2) is 0 Å². The Labute approximate surface area is 126 Å². The Kier molecular flexibility index (Phi) is 4.70. The average molecular weight is 286 g/mol. The van der Waals surface area contributed by atoms with E-state index in [9.17, 15) is 0 Å². The van der Waals surface area contributed by atoms with E-state index >= 15 is 0 Å². The van der Waals surface area contributed by atoms with Gasteiger partial charge in [-0.1, -0.05) is 12.1 Å². The van der Waals surface area contributed by atoms with Gasteiger partial charge in [0.1, 0.15) is 0 Å². The average Bonchev–Trinajstić information content (AvgIpc) is 2.53. The van der Waals surface area contributed by atoms with Crippen LogP contribution in [0.2, 0.25) is 0 Å². The minimum absolute atomic E-state index is 0.459. The Balaban J connectivity index is 2.63. The molecule has 21 heavy (non-hydrogen) atoms. The predicted octanol–water partition coefficient (Wildman–Crippen LogP) is 2.90. The molecule has 0 saturated heterocycles. The molecular formula is C17H22N2O2. The number of nitrogens with zero attached hydrogens (tertiary/aromatic N) is 1. The van der Waals surface area contributed by atoms with Crippen molar-refractivity contribution in [2.45, 2.75) is 6.54 Å². The molecule has 2 N–H and O–H groups in total. The Hall–Kier alpha value is -2.20. The smallest absolute Gasteiger partial charge is 0.168 e. The molecule has 0 aromatic heterocycles. The highest BCUT2D eigenvalue weighted by Gasteiger charge is 2.14. The Morgan fingerprint density at radius 3 is 2.38 bits per heavy atom. The van der Waals surface area contributed by atoms with Crippen LogP contribution in [0.1, 0.15) is 5.56 Å². The van der Waals surface area contributed by atoms with Crippen LogP contribution >= 0.6 is 0 Å². The number of hydrogen-bond acceptors (Lipinski definition) is 4. The second kappa shape index (κ2) is 6.50. The molecule has 4 heteroatoms. The molecule has 0 bridgehead atoms. The predicted molar refractivity (Wildman–Crippen MR) is 87.2 cm³/mol. The van der Waals surface area contributed by atoms with Gasteiger partial charge in [-0.15, -0.1) is 0 Å². The van der Waals surface area contributed by atoms with E-state index in [1.807, 2.05) is 26.2 Å². The fourth-order valence-corrected chi connectivity index (χ4v) is 2.31. The maximum atomic E-state index is 5.79. The van der Waals surface area contributed by atoms with Crippen LogP contribution < -0.4 is 20.1 Å². The van der Waals surface area contributed by atoms with Crippen molar-refractivity contribution in [1.29, 1.82) is 0 Å². The lowest BCUT2D eigenvalue weighted by molar-refractivity contribution is 0.355. The van der Waals surface area contributed by atoms with Gasteiger partial charge in [-0.3, -0.25) is 0 Å². The van der Waals surface area contributed by atoms with Gasteiger partial charge in [-0.2, -0.15) is 0 Å². The summed E-state index contributed by atoms with van der Waals surface area (Å²) in [6.45, 7) is 0.459. The van der Waals surface area contributed by atoms with Crippen LogP contribution in [0.4, 0.5) is 5.69 Å². The van der Waals surface area contributed by atoms with Gasteiger partial charge >= 0.3 is 0 Å². The van der Waals surface area contributed by atoms with E-state index in [1.165, 1.54) is 0 Å². The van der Waals surface area contributed by atoms with Crippen LogP contribution in [0.3, 0.4) is 0 Å². The standard InChI is InChI=1S/C17H22N2O2/c1-19(2)14-7-5-6-13(10-14)15-8-12(11-18)9-16(20-3)17(15)21-4/h5-10H,11,18H2,1-4H3. The first kappa shape index (κ1) is 15.2. The van der Waals surface area contributed by atoms with E-state index in [-0.39, 0.29) is 0 Å². The second-order valence-corrected chi connectivity index (χ2v) is 5.03. The van der Waals surface area contributed by atoms with E-state index in [4.69, 9.17) is 15.2 Å². The van der Waals surface area contributed by atoms with Crippen molar-refractivity contribution >= 4 is 5.69 Å². The number of ether oxygens (including phenoxy) is 2. The van der Waals surface area contributed by atoms with Crippen LogP contribution in [0.25, 0.3) is 11.1 Å². The Bertz CT molecular complexity index is 624. The molecule has 0 spiro atoms. The molecule has 112 valence electrons. The first-order chi connectivity index (χ1) is 10.1. The third kappa shape index (κ3) is 3.11. The van der Waals surface area contributed by atoms with Crippen LogP contribution in [0.15, 0.2) is 36.4 Å². The molecular weight excluding hydrogens is 264 g/mol. The monoisotopic (exact) mass is 286 g/mol. The number of benzene rings is 2. The summed E-state index contributed by atoms with van der Waals surface area (Å²) in [4.78, 5) is 2.07. The van der Waals surface area contributed by atoms with Crippen molar-refractivity contribution in [3.8, 4) is 22.6 Å². The highest BCUT2D eigenvalue weighted by molar-refractivity contribution is 5.77. The molecule has 0 radical (unpaired) electrons. The molecule has 4 nitrogen and oxygen atoms in total. The summed E-state index contributed by atoms with van der Waals surface area (Å²) in [5, 5.41) is 0. The van der Waals surface area contributed by atoms with Gasteiger partial charge in [0.05, 0.1) is 14.2 Å². The normalized spacial score (nSPS) is 10.3. The van der Waals surface area contributed by atoms with Crippen molar-refractivity contribution in [3.63, 3.8) is 0 Å². The number of anilines is 1. The molecule has 2 rings (SSSR count). The second-order valence-electron chi connectivity index (χ2n) is 5.03. The molecule has 0 saturated carbocycles.